The third kappa shape index (κ3) is 2.28. The fraction of sp³-hybridized carbons (Fsp3) is 0.267. The maximum absolute atomic E-state index is 12.0. The lowest BCUT2D eigenvalue weighted by Crippen LogP contribution is -2.24. The second-order valence-electron chi connectivity index (χ2n) is 4.83. The molecule has 0 radical (unpaired) electrons. The van der Waals surface area contributed by atoms with E-state index >= 15 is 0 Å². The first-order valence-corrected chi connectivity index (χ1v) is 6.51. The van der Waals surface area contributed by atoms with Crippen molar-refractivity contribution in [1.82, 2.24) is 5.32 Å². The molecule has 5 heteroatoms. The number of benzene rings is 1. The standard InChI is InChI=1S/C15H16N2O3/c1-9-6-11(8-20-9)14(16)10-2-3-13-12(7-10)15(18)17-4-5-19-13/h2-3,6-8,14H,4-5,16H2,1H3,(H,17,18). The highest BCUT2D eigenvalue weighted by molar-refractivity contribution is 5.97. The summed E-state index contributed by atoms with van der Waals surface area (Å²) in [5.41, 5.74) is 8.48. The lowest BCUT2D eigenvalue weighted by molar-refractivity contribution is 0.0957. The Labute approximate surface area is 116 Å². The monoisotopic (exact) mass is 272 g/mol. The fourth-order valence-corrected chi connectivity index (χ4v) is 2.28. The van der Waals surface area contributed by atoms with Gasteiger partial charge in [-0.15, -0.1) is 0 Å². The van der Waals surface area contributed by atoms with Gasteiger partial charge < -0.3 is 20.2 Å². The molecule has 0 saturated heterocycles. The van der Waals surface area contributed by atoms with Crippen LogP contribution in [0.15, 0.2) is 34.9 Å². The van der Waals surface area contributed by atoms with Crippen molar-refractivity contribution < 1.29 is 13.9 Å². The summed E-state index contributed by atoms with van der Waals surface area (Å²) in [5, 5.41) is 2.79. The maximum atomic E-state index is 12.0. The molecule has 1 unspecified atom stereocenters. The molecule has 3 N–H and O–H groups in total. The highest BCUT2D eigenvalue weighted by Gasteiger charge is 2.19. The Bertz CT molecular complexity index is 648. The summed E-state index contributed by atoms with van der Waals surface area (Å²) >= 11 is 0. The molecule has 0 fully saturated rings. The average molecular weight is 272 g/mol. The number of fused-ring (bicyclic) bond motifs is 1. The van der Waals surface area contributed by atoms with Crippen LogP contribution in [0.5, 0.6) is 5.75 Å². The Balaban J connectivity index is 1.97. The smallest absolute Gasteiger partial charge is 0.255 e. The van der Waals surface area contributed by atoms with Gasteiger partial charge in [-0.25, -0.2) is 0 Å². The van der Waals surface area contributed by atoms with Crippen LogP contribution in [0.2, 0.25) is 0 Å². The molecule has 1 aliphatic rings. The Morgan fingerprint density at radius 3 is 2.90 bits per heavy atom. The number of nitrogens with one attached hydrogen (secondary N) is 1. The van der Waals surface area contributed by atoms with Crippen LogP contribution < -0.4 is 15.8 Å². The van der Waals surface area contributed by atoms with Crippen molar-refractivity contribution in [3.8, 4) is 5.75 Å². The van der Waals surface area contributed by atoms with Gasteiger partial charge in [0.15, 0.2) is 0 Å². The van der Waals surface area contributed by atoms with E-state index in [1.807, 2.05) is 19.1 Å². The minimum absolute atomic E-state index is 0.130. The number of nitrogens with two attached hydrogens (primary N) is 1. The third-order valence-electron chi connectivity index (χ3n) is 3.36. The SMILES string of the molecule is Cc1cc(C(N)c2ccc3c(c2)C(=O)NCCO3)co1. The van der Waals surface area contributed by atoms with Crippen molar-refractivity contribution in [2.24, 2.45) is 5.73 Å². The number of aryl methyl sites for hydroxylation is 1. The lowest BCUT2D eigenvalue weighted by atomic mass is 9.99. The van der Waals surface area contributed by atoms with Crippen molar-refractivity contribution in [2.75, 3.05) is 13.2 Å². The summed E-state index contributed by atoms with van der Waals surface area (Å²) in [6.07, 6.45) is 1.64. The van der Waals surface area contributed by atoms with E-state index in [2.05, 4.69) is 5.32 Å². The van der Waals surface area contributed by atoms with Gasteiger partial charge >= 0.3 is 0 Å². The molecule has 1 atom stereocenters. The highest BCUT2D eigenvalue weighted by atomic mass is 16.5. The minimum Gasteiger partial charge on any atom is -0.491 e. The summed E-state index contributed by atoms with van der Waals surface area (Å²) in [7, 11) is 0. The topological polar surface area (TPSA) is 77.5 Å². The van der Waals surface area contributed by atoms with Crippen LogP contribution in [0.4, 0.5) is 0 Å². The number of carbonyl (C=O) groups excluding carboxylic acids is 1. The summed E-state index contributed by atoms with van der Waals surface area (Å²) in [6, 6.07) is 7.02. The molecule has 2 heterocycles. The van der Waals surface area contributed by atoms with E-state index in [0.717, 1.165) is 16.9 Å². The first-order valence-electron chi connectivity index (χ1n) is 6.51. The largest absolute Gasteiger partial charge is 0.491 e. The minimum atomic E-state index is -0.325. The zero-order valence-corrected chi connectivity index (χ0v) is 11.2. The maximum Gasteiger partial charge on any atom is 0.255 e. The van der Waals surface area contributed by atoms with Crippen LogP contribution in [0.25, 0.3) is 0 Å². The van der Waals surface area contributed by atoms with Gasteiger partial charge in [0.2, 0.25) is 0 Å². The molecule has 0 bridgehead atoms. The van der Waals surface area contributed by atoms with E-state index < -0.39 is 0 Å². The Hall–Kier alpha value is -2.27. The van der Waals surface area contributed by atoms with Gasteiger partial charge in [0, 0.05) is 5.56 Å². The molecule has 2 aromatic rings. The van der Waals surface area contributed by atoms with Gasteiger partial charge in [-0.2, -0.15) is 0 Å². The van der Waals surface area contributed by atoms with Crippen LogP contribution in [0.1, 0.15) is 33.3 Å². The van der Waals surface area contributed by atoms with E-state index in [9.17, 15) is 4.79 Å². The molecule has 1 aromatic carbocycles. The highest BCUT2D eigenvalue weighted by Crippen LogP contribution is 2.27. The zero-order chi connectivity index (χ0) is 14.1. The molecule has 0 spiro atoms. The van der Waals surface area contributed by atoms with Crippen LogP contribution in [0, 0.1) is 6.92 Å². The molecule has 1 aromatic heterocycles. The van der Waals surface area contributed by atoms with Gasteiger partial charge in [0.05, 0.1) is 24.4 Å². The molecule has 1 amide bonds. The summed E-state index contributed by atoms with van der Waals surface area (Å²) in [6.45, 7) is 2.86. The van der Waals surface area contributed by atoms with E-state index in [1.165, 1.54) is 0 Å². The number of rotatable bonds is 2. The molecule has 20 heavy (non-hydrogen) atoms. The predicted molar refractivity (Wildman–Crippen MR) is 73.7 cm³/mol. The summed E-state index contributed by atoms with van der Waals surface area (Å²) < 4.78 is 10.8. The number of hydrogen-bond donors (Lipinski definition) is 2. The number of furan rings is 1. The van der Waals surface area contributed by atoms with E-state index in [1.54, 1.807) is 18.4 Å². The van der Waals surface area contributed by atoms with Crippen LogP contribution in [-0.2, 0) is 0 Å². The number of hydrogen-bond acceptors (Lipinski definition) is 4. The van der Waals surface area contributed by atoms with Crippen LogP contribution >= 0.6 is 0 Å². The van der Waals surface area contributed by atoms with Gasteiger partial charge in [0.25, 0.3) is 5.91 Å². The number of ether oxygens (including phenoxy) is 1. The van der Waals surface area contributed by atoms with Crippen molar-refractivity contribution in [3.05, 3.63) is 53.0 Å². The molecule has 104 valence electrons. The van der Waals surface area contributed by atoms with Gasteiger partial charge in [0.1, 0.15) is 18.1 Å². The van der Waals surface area contributed by atoms with E-state index in [4.69, 9.17) is 14.9 Å². The lowest BCUT2D eigenvalue weighted by Gasteiger charge is -2.13. The third-order valence-corrected chi connectivity index (χ3v) is 3.36. The van der Waals surface area contributed by atoms with Gasteiger partial charge in [-0.05, 0) is 30.7 Å². The van der Waals surface area contributed by atoms with E-state index in [0.29, 0.717) is 24.5 Å². The first kappa shape index (κ1) is 12.7. The normalized spacial score (nSPS) is 15.8. The fourth-order valence-electron chi connectivity index (χ4n) is 2.28. The Morgan fingerprint density at radius 1 is 1.30 bits per heavy atom. The van der Waals surface area contributed by atoms with E-state index in [-0.39, 0.29) is 11.9 Å². The quantitative estimate of drug-likeness (QED) is 0.873. The van der Waals surface area contributed by atoms with Crippen LogP contribution in [-0.4, -0.2) is 19.1 Å². The molecular weight excluding hydrogens is 256 g/mol. The second kappa shape index (κ2) is 5.02. The molecular formula is C15H16N2O3. The number of amides is 1. The van der Waals surface area contributed by atoms with Crippen molar-refractivity contribution in [3.63, 3.8) is 0 Å². The van der Waals surface area contributed by atoms with Crippen molar-refractivity contribution in [2.45, 2.75) is 13.0 Å². The Morgan fingerprint density at radius 2 is 2.15 bits per heavy atom. The second-order valence-corrected chi connectivity index (χ2v) is 4.83. The van der Waals surface area contributed by atoms with Gasteiger partial charge in [-0.3, -0.25) is 4.79 Å². The van der Waals surface area contributed by atoms with Crippen LogP contribution in [0.3, 0.4) is 0 Å². The first-order chi connectivity index (χ1) is 9.65. The van der Waals surface area contributed by atoms with Crippen molar-refractivity contribution in [1.29, 1.82) is 0 Å². The number of carbonyl (C=O) groups is 1. The molecule has 0 aliphatic carbocycles. The predicted octanol–water partition coefficient (Wildman–Crippen LogP) is 1.76. The molecule has 0 saturated carbocycles. The molecule has 3 rings (SSSR count). The van der Waals surface area contributed by atoms with Crippen molar-refractivity contribution >= 4 is 5.91 Å². The summed E-state index contributed by atoms with van der Waals surface area (Å²) in [4.78, 5) is 12.0. The zero-order valence-electron chi connectivity index (χ0n) is 11.2. The Kier molecular flexibility index (Phi) is 3.20. The average Bonchev–Trinajstić information content (AvgIpc) is 2.80. The molecule has 1 aliphatic heterocycles. The molecule has 5 nitrogen and oxygen atoms in total. The summed E-state index contributed by atoms with van der Waals surface area (Å²) in [5.74, 6) is 1.28. The van der Waals surface area contributed by atoms with Gasteiger partial charge in [-0.1, -0.05) is 6.07 Å².